The predicted octanol–water partition coefficient (Wildman–Crippen LogP) is 1.24. The van der Waals surface area contributed by atoms with Crippen molar-refractivity contribution >= 4 is 0 Å². The largest absolute Gasteiger partial charge is 0.390 e. The summed E-state index contributed by atoms with van der Waals surface area (Å²) in [6, 6.07) is 0.668. The highest BCUT2D eigenvalue weighted by Gasteiger charge is 2.18. The minimum absolute atomic E-state index is 0.282. The summed E-state index contributed by atoms with van der Waals surface area (Å²) >= 11 is 0. The zero-order valence-corrected chi connectivity index (χ0v) is 12.0. The second-order valence-electron chi connectivity index (χ2n) is 5.44. The van der Waals surface area contributed by atoms with Crippen LogP contribution in [0.25, 0.3) is 0 Å². The SMILES string of the molecule is COCCNCC(O)CN(C)C1CCCCCC1. The molecule has 0 aliphatic heterocycles. The van der Waals surface area contributed by atoms with Crippen molar-refractivity contribution in [3.05, 3.63) is 0 Å². The number of nitrogens with zero attached hydrogens (tertiary/aromatic N) is 1. The van der Waals surface area contributed by atoms with Crippen LogP contribution in [0.15, 0.2) is 0 Å². The Morgan fingerprint density at radius 3 is 2.56 bits per heavy atom. The molecule has 0 aromatic rings. The van der Waals surface area contributed by atoms with Crippen molar-refractivity contribution in [2.24, 2.45) is 0 Å². The van der Waals surface area contributed by atoms with Gasteiger partial charge in [0.1, 0.15) is 0 Å². The van der Waals surface area contributed by atoms with Gasteiger partial charge < -0.3 is 20.1 Å². The van der Waals surface area contributed by atoms with E-state index in [-0.39, 0.29) is 6.10 Å². The molecule has 1 rings (SSSR count). The summed E-state index contributed by atoms with van der Waals surface area (Å²) in [5.41, 5.74) is 0. The number of nitrogens with one attached hydrogen (secondary N) is 1. The average molecular weight is 258 g/mol. The molecule has 0 bridgehead atoms. The van der Waals surface area contributed by atoms with E-state index < -0.39 is 0 Å². The molecule has 1 atom stereocenters. The van der Waals surface area contributed by atoms with E-state index in [1.807, 2.05) is 0 Å². The van der Waals surface area contributed by atoms with Gasteiger partial charge in [0.25, 0.3) is 0 Å². The molecule has 0 amide bonds. The molecule has 1 fully saturated rings. The number of hydrogen-bond donors (Lipinski definition) is 2. The van der Waals surface area contributed by atoms with E-state index in [4.69, 9.17) is 4.74 Å². The number of aliphatic hydroxyl groups excluding tert-OH is 1. The summed E-state index contributed by atoms with van der Waals surface area (Å²) < 4.78 is 4.96. The van der Waals surface area contributed by atoms with Gasteiger partial charge in [0.2, 0.25) is 0 Å². The van der Waals surface area contributed by atoms with Crippen LogP contribution in [-0.4, -0.2) is 62.6 Å². The van der Waals surface area contributed by atoms with Crippen molar-refractivity contribution in [3.63, 3.8) is 0 Å². The zero-order valence-electron chi connectivity index (χ0n) is 12.0. The van der Waals surface area contributed by atoms with E-state index in [0.29, 0.717) is 19.2 Å². The van der Waals surface area contributed by atoms with E-state index in [0.717, 1.165) is 13.1 Å². The van der Waals surface area contributed by atoms with Crippen molar-refractivity contribution in [1.82, 2.24) is 10.2 Å². The lowest BCUT2D eigenvalue weighted by atomic mass is 10.1. The first-order valence-electron chi connectivity index (χ1n) is 7.32. The maximum absolute atomic E-state index is 9.97. The van der Waals surface area contributed by atoms with Crippen LogP contribution >= 0.6 is 0 Å². The second kappa shape index (κ2) is 9.73. The van der Waals surface area contributed by atoms with Crippen molar-refractivity contribution < 1.29 is 9.84 Å². The number of hydrogen-bond acceptors (Lipinski definition) is 4. The molecular formula is C14H30N2O2. The molecule has 4 heteroatoms. The van der Waals surface area contributed by atoms with Gasteiger partial charge in [-0.1, -0.05) is 25.7 Å². The van der Waals surface area contributed by atoms with Gasteiger partial charge in [-0.25, -0.2) is 0 Å². The molecule has 1 saturated carbocycles. The summed E-state index contributed by atoms with van der Waals surface area (Å²) in [4.78, 5) is 2.34. The van der Waals surface area contributed by atoms with Gasteiger partial charge in [0.15, 0.2) is 0 Å². The third kappa shape index (κ3) is 6.69. The summed E-state index contributed by atoms with van der Waals surface area (Å²) in [6.45, 7) is 2.93. The molecule has 1 aliphatic carbocycles. The van der Waals surface area contributed by atoms with Crippen LogP contribution in [0.4, 0.5) is 0 Å². The van der Waals surface area contributed by atoms with Gasteiger partial charge in [-0.15, -0.1) is 0 Å². The average Bonchev–Trinajstić information content (AvgIpc) is 2.63. The Kier molecular flexibility index (Phi) is 8.59. The van der Waals surface area contributed by atoms with Crippen molar-refractivity contribution in [3.8, 4) is 0 Å². The fourth-order valence-corrected chi connectivity index (χ4v) is 2.69. The molecule has 0 spiro atoms. The molecule has 0 aromatic heterocycles. The molecule has 0 aromatic carbocycles. The van der Waals surface area contributed by atoms with Gasteiger partial charge in [0, 0.05) is 32.8 Å². The van der Waals surface area contributed by atoms with E-state index in [1.165, 1.54) is 38.5 Å². The standard InChI is InChI=1S/C14H30N2O2/c1-16(13-7-5-3-4-6-8-13)12-14(17)11-15-9-10-18-2/h13-15,17H,3-12H2,1-2H3. The Hall–Kier alpha value is -0.160. The van der Waals surface area contributed by atoms with Crippen LogP contribution in [0.2, 0.25) is 0 Å². The monoisotopic (exact) mass is 258 g/mol. The molecule has 0 radical (unpaired) electrons. The van der Waals surface area contributed by atoms with Crippen molar-refractivity contribution in [2.45, 2.75) is 50.7 Å². The van der Waals surface area contributed by atoms with Crippen LogP contribution in [0.5, 0.6) is 0 Å². The molecule has 108 valence electrons. The third-order valence-corrected chi connectivity index (χ3v) is 3.81. The molecule has 0 heterocycles. The molecule has 1 unspecified atom stereocenters. The van der Waals surface area contributed by atoms with Gasteiger partial charge in [-0.05, 0) is 19.9 Å². The van der Waals surface area contributed by atoms with E-state index in [1.54, 1.807) is 7.11 Å². The maximum Gasteiger partial charge on any atom is 0.0791 e. The van der Waals surface area contributed by atoms with Gasteiger partial charge in [0.05, 0.1) is 12.7 Å². The van der Waals surface area contributed by atoms with Crippen LogP contribution in [0, 0.1) is 0 Å². The van der Waals surface area contributed by atoms with Gasteiger partial charge >= 0.3 is 0 Å². The molecule has 18 heavy (non-hydrogen) atoms. The highest BCUT2D eigenvalue weighted by molar-refractivity contribution is 4.75. The highest BCUT2D eigenvalue weighted by Crippen LogP contribution is 2.20. The first-order chi connectivity index (χ1) is 8.74. The van der Waals surface area contributed by atoms with Crippen molar-refractivity contribution in [1.29, 1.82) is 0 Å². The van der Waals surface area contributed by atoms with Crippen LogP contribution < -0.4 is 5.32 Å². The molecule has 4 nitrogen and oxygen atoms in total. The minimum atomic E-state index is -0.282. The lowest BCUT2D eigenvalue weighted by molar-refractivity contribution is 0.0958. The van der Waals surface area contributed by atoms with E-state index in [9.17, 15) is 5.11 Å². The Morgan fingerprint density at radius 1 is 1.28 bits per heavy atom. The number of rotatable bonds is 8. The molecule has 2 N–H and O–H groups in total. The first kappa shape index (κ1) is 15.9. The summed E-state index contributed by atoms with van der Waals surface area (Å²) in [7, 11) is 3.84. The lowest BCUT2D eigenvalue weighted by Crippen LogP contribution is -2.41. The number of methoxy groups -OCH3 is 1. The normalized spacial score (nSPS) is 20.0. The van der Waals surface area contributed by atoms with Crippen molar-refractivity contribution in [2.75, 3.05) is 40.4 Å². The quantitative estimate of drug-likeness (QED) is 0.508. The van der Waals surface area contributed by atoms with E-state index >= 15 is 0 Å². The lowest BCUT2D eigenvalue weighted by Gasteiger charge is -2.29. The molecule has 0 saturated heterocycles. The third-order valence-electron chi connectivity index (χ3n) is 3.81. The maximum atomic E-state index is 9.97. The Bertz CT molecular complexity index is 194. The summed E-state index contributed by atoms with van der Waals surface area (Å²) in [5, 5.41) is 13.2. The fourth-order valence-electron chi connectivity index (χ4n) is 2.69. The smallest absolute Gasteiger partial charge is 0.0791 e. The zero-order chi connectivity index (χ0) is 13.2. The van der Waals surface area contributed by atoms with Crippen LogP contribution in [0.1, 0.15) is 38.5 Å². The summed E-state index contributed by atoms with van der Waals surface area (Å²) in [6.07, 6.45) is 7.75. The molecule has 1 aliphatic rings. The van der Waals surface area contributed by atoms with Gasteiger partial charge in [-0.2, -0.15) is 0 Å². The Labute approximate surface area is 112 Å². The van der Waals surface area contributed by atoms with Gasteiger partial charge in [-0.3, -0.25) is 0 Å². The Morgan fingerprint density at radius 2 is 1.94 bits per heavy atom. The second-order valence-corrected chi connectivity index (χ2v) is 5.44. The predicted molar refractivity (Wildman–Crippen MR) is 74.9 cm³/mol. The molecular weight excluding hydrogens is 228 g/mol. The van der Waals surface area contributed by atoms with E-state index in [2.05, 4.69) is 17.3 Å². The van der Waals surface area contributed by atoms with Crippen LogP contribution in [0.3, 0.4) is 0 Å². The number of aliphatic hydroxyl groups is 1. The number of ether oxygens (including phenoxy) is 1. The number of likely N-dealkylation sites (N-methyl/N-ethyl adjacent to an activating group) is 1. The fraction of sp³-hybridized carbons (Fsp3) is 1.00. The Balaban J connectivity index is 2.14. The topological polar surface area (TPSA) is 44.7 Å². The highest BCUT2D eigenvalue weighted by atomic mass is 16.5. The summed E-state index contributed by atoms with van der Waals surface area (Å²) in [5.74, 6) is 0. The minimum Gasteiger partial charge on any atom is -0.390 e. The first-order valence-corrected chi connectivity index (χ1v) is 7.32. The van der Waals surface area contributed by atoms with Crippen LogP contribution in [-0.2, 0) is 4.74 Å².